The second-order valence-corrected chi connectivity index (χ2v) is 6.22. The molecule has 28 heavy (non-hydrogen) atoms. The van der Waals surface area contributed by atoms with Crippen LogP contribution >= 0.6 is 0 Å². The Morgan fingerprint density at radius 1 is 1.14 bits per heavy atom. The minimum Gasteiger partial charge on any atom is -0.450 e. The van der Waals surface area contributed by atoms with Crippen molar-refractivity contribution in [1.29, 1.82) is 0 Å². The number of amides is 2. The average Bonchev–Trinajstić information content (AvgIpc) is 3.10. The molecule has 2 amide bonds. The fourth-order valence-electron chi connectivity index (χ4n) is 2.34. The monoisotopic (exact) mass is 388 g/mol. The summed E-state index contributed by atoms with van der Waals surface area (Å²) in [6.45, 7) is 7.26. The number of benzene rings is 1. The van der Waals surface area contributed by atoms with Crippen LogP contribution in [-0.2, 0) is 14.3 Å². The summed E-state index contributed by atoms with van der Waals surface area (Å²) >= 11 is 0. The van der Waals surface area contributed by atoms with Crippen LogP contribution in [0.25, 0.3) is 0 Å². The first-order valence-electron chi connectivity index (χ1n) is 8.91. The molecule has 0 aliphatic heterocycles. The van der Waals surface area contributed by atoms with E-state index in [0.717, 1.165) is 0 Å². The predicted molar refractivity (Wildman–Crippen MR) is 103 cm³/mol. The van der Waals surface area contributed by atoms with Crippen molar-refractivity contribution >= 4 is 29.5 Å². The fraction of sp³-hybridized carbons (Fsp3) is 0.368. The smallest absolute Gasteiger partial charge is 0.411 e. The van der Waals surface area contributed by atoms with Crippen molar-refractivity contribution in [2.24, 2.45) is 0 Å². The highest BCUT2D eigenvalue weighted by Gasteiger charge is 2.21. The van der Waals surface area contributed by atoms with E-state index in [1.165, 1.54) is 19.1 Å². The van der Waals surface area contributed by atoms with Gasteiger partial charge in [-0.25, -0.2) is 14.3 Å². The standard InChI is InChI=1S/C19H24N4O5/c1-5-27-19(26)21-15-8-6-7-14(11-15)18(25)28-13(4)17(24)22-16-9-10-20-23(16)12(2)3/h6-13H,5H2,1-4H3,(H,21,26)(H,22,24). The predicted octanol–water partition coefficient (Wildman–Crippen LogP) is 3.22. The van der Waals surface area contributed by atoms with E-state index < -0.39 is 24.1 Å². The maximum Gasteiger partial charge on any atom is 0.411 e. The van der Waals surface area contributed by atoms with Gasteiger partial charge in [0.15, 0.2) is 6.10 Å². The van der Waals surface area contributed by atoms with Crippen LogP contribution in [0.15, 0.2) is 36.5 Å². The Hall–Kier alpha value is -3.36. The van der Waals surface area contributed by atoms with Crippen molar-refractivity contribution in [3.8, 4) is 0 Å². The SMILES string of the molecule is CCOC(=O)Nc1cccc(C(=O)OC(C)C(=O)Nc2ccnn2C(C)C)c1. The molecule has 0 saturated carbocycles. The number of anilines is 2. The van der Waals surface area contributed by atoms with E-state index in [-0.39, 0.29) is 18.2 Å². The molecule has 0 aliphatic carbocycles. The van der Waals surface area contributed by atoms with Gasteiger partial charge in [0, 0.05) is 17.8 Å². The summed E-state index contributed by atoms with van der Waals surface area (Å²) in [6, 6.07) is 7.89. The van der Waals surface area contributed by atoms with Gasteiger partial charge in [-0.15, -0.1) is 0 Å². The molecule has 0 aliphatic rings. The number of aromatic nitrogens is 2. The number of carbonyl (C=O) groups excluding carboxylic acids is 3. The molecule has 1 aromatic heterocycles. The third kappa shape index (κ3) is 5.57. The summed E-state index contributed by atoms with van der Waals surface area (Å²) in [5, 5.41) is 9.33. The molecule has 2 rings (SSSR count). The van der Waals surface area contributed by atoms with Crippen LogP contribution in [0.1, 0.15) is 44.1 Å². The van der Waals surface area contributed by atoms with Gasteiger partial charge >= 0.3 is 12.1 Å². The Morgan fingerprint density at radius 3 is 2.57 bits per heavy atom. The number of nitrogens with zero attached hydrogens (tertiary/aromatic N) is 2. The number of nitrogens with one attached hydrogen (secondary N) is 2. The number of hydrogen-bond donors (Lipinski definition) is 2. The van der Waals surface area contributed by atoms with E-state index in [1.807, 2.05) is 13.8 Å². The van der Waals surface area contributed by atoms with Crippen LogP contribution in [-0.4, -0.2) is 40.5 Å². The molecule has 0 radical (unpaired) electrons. The van der Waals surface area contributed by atoms with E-state index in [0.29, 0.717) is 11.5 Å². The van der Waals surface area contributed by atoms with Crippen LogP contribution in [0.2, 0.25) is 0 Å². The number of ether oxygens (including phenoxy) is 2. The highest BCUT2D eigenvalue weighted by Crippen LogP contribution is 2.15. The Bertz CT molecular complexity index is 846. The zero-order chi connectivity index (χ0) is 20.7. The molecular formula is C19H24N4O5. The summed E-state index contributed by atoms with van der Waals surface area (Å²) in [6.07, 6.45) is -0.0684. The highest BCUT2D eigenvalue weighted by molar-refractivity contribution is 5.97. The van der Waals surface area contributed by atoms with Gasteiger partial charge in [0.2, 0.25) is 0 Å². The van der Waals surface area contributed by atoms with Crippen LogP contribution < -0.4 is 10.6 Å². The zero-order valence-corrected chi connectivity index (χ0v) is 16.3. The minimum atomic E-state index is -1.02. The van der Waals surface area contributed by atoms with Crippen LogP contribution in [0.4, 0.5) is 16.3 Å². The lowest BCUT2D eigenvalue weighted by atomic mass is 10.2. The molecule has 2 N–H and O–H groups in total. The molecule has 0 bridgehead atoms. The largest absolute Gasteiger partial charge is 0.450 e. The molecule has 1 heterocycles. The summed E-state index contributed by atoms with van der Waals surface area (Å²) < 4.78 is 11.7. The molecule has 0 saturated heterocycles. The van der Waals surface area contributed by atoms with Crippen molar-refractivity contribution in [3.05, 3.63) is 42.1 Å². The molecule has 9 nitrogen and oxygen atoms in total. The number of hydrogen-bond acceptors (Lipinski definition) is 6. The van der Waals surface area contributed by atoms with Crippen LogP contribution in [0, 0.1) is 0 Å². The molecule has 1 aromatic carbocycles. The fourth-order valence-corrected chi connectivity index (χ4v) is 2.34. The summed E-state index contributed by atoms with van der Waals surface area (Å²) in [7, 11) is 0. The molecule has 1 unspecified atom stereocenters. The Kier molecular flexibility index (Phi) is 7.14. The van der Waals surface area contributed by atoms with Gasteiger partial charge in [-0.1, -0.05) is 6.07 Å². The summed E-state index contributed by atoms with van der Waals surface area (Å²) in [4.78, 5) is 36.1. The Labute approximate surface area is 163 Å². The summed E-state index contributed by atoms with van der Waals surface area (Å²) in [5.74, 6) is -0.646. The molecule has 9 heteroatoms. The van der Waals surface area contributed by atoms with E-state index in [4.69, 9.17) is 9.47 Å². The Morgan fingerprint density at radius 2 is 1.89 bits per heavy atom. The minimum absolute atomic E-state index is 0.0674. The second-order valence-electron chi connectivity index (χ2n) is 6.22. The van der Waals surface area contributed by atoms with Gasteiger partial charge < -0.3 is 14.8 Å². The number of esters is 1. The second kappa shape index (κ2) is 9.54. The van der Waals surface area contributed by atoms with Crippen molar-refractivity contribution in [2.45, 2.75) is 39.8 Å². The van der Waals surface area contributed by atoms with Gasteiger partial charge in [0.05, 0.1) is 18.4 Å². The lowest BCUT2D eigenvalue weighted by Gasteiger charge is -2.16. The van der Waals surface area contributed by atoms with E-state index in [2.05, 4.69) is 15.7 Å². The van der Waals surface area contributed by atoms with E-state index >= 15 is 0 Å². The van der Waals surface area contributed by atoms with Crippen LogP contribution in [0.3, 0.4) is 0 Å². The molecule has 2 aromatic rings. The van der Waals surface area contributed by atoms with Crippen molar-refractivity contribution in [3.63, 3.8) is 0 Å². The van der Waals surface area contributed by atoms with Gasteiger partial charge in [0.1, 0.15) is 5.82 Å². The van der Waals surface area contributed by atoms with Crippen LogP contribution in [0.5, 0.6) is 0 Å². The third-order valence-electron chi connectivity index (χ3n) is 3.68. The first-order valence-corrected chi connectivity index (χ1v) is 8.91. The number of rotatable bonds is 7. The third-order valence-corrected chi connectivity index (χ3v) is 3.68. The maximum atomic E-state index is 12.3. The quantitative estimate of drug-likeness (QED) is 0.705. The van der Waals surface area contributed by atoms with Gasteiger partial charge in [-0.05, 0) is 45.9 Å². The lowest BCUT2D eigenvalue weighted by molar-refractivity contribution is -0.123. The first-order chi connectivity index (χ1) is 13.3. The van der Waals surface area contributed by atoms with Crippen molar-refractivity contribution < 1.29 is 23.9 Å². The Balaban J connectivity index is 1.98. The highest BCUT2D eigenvalue weighted by atomic mass is 16.6. The zero-order valence-electron chi connectivity index (χ0n) is 16.3. The topological polar surface area (TPSA) is 112 Å². The maximum absolute atomic E-state index is 12.3. The van der Waals surface area contributed by atoms with Gasteiger partial charge in [-0.3, -0.25) is 10.1 Å². The molecule has 150 valence electrons. The number of carbonyl (C=O) groups is 3. The lowest BCUT2D eigenvalue weighted by Crippen LogP contribution is -2.31. The van der Waals surface area contributed by atoms with Gasteiger partial charge in [-0.2, -0.15) is 5.10 Å². The van der Waals surface area contributed by atoms with E-state index in [1.54, 1.807) is 36.0 Å². The average molecular weight is 388 g/mol. The molecule has 1 atom stereocenters. The summed E-state index contributed by atoms with van der Waals surface area (Å²) in [5.41, 5.74) is 0.576. The van der Waals surface area contributed by atoms with Crippen molar-refractivity contribution in [2.75, 3.05) is 17.2 Å². The molecular weight excluding hydrogens is 364 g/mol. The van der Waals surface area contributed by atoms with E-state index in [9.17, 15) is 14.4 Å². The molecule has 0 spiro atoms. The van der Waals surface area contributed by atoms with Crippen molar-refractivity contribution in [1.82, 2.24) is 9.78 Å². The normalized spacial score (nSPS) is 11.6. The molecule has 0 fully saturated rings. The van der Waals surface area contributed by atoms with Gasteiger partial charge in [0.25, 0.3) is 5.91 Å². The first kappa shape index (κ1) is 20.9.